The van der Waals surface area contributed by atoms with Gasteiger partial charge in [0.15, 0.2) is 5.58 Å². The lowest BCUT2D eigenvalue weighted by Gasteiger charge is -2.27. The molecule has 4 heteroatoms. The molecule has 0 amide bonds. The van der Waals surface area contributed by atoms with Gasteiger partial charge in [-0.1, -0.05) is 140 Å². The second-order valence-electron chi connectivity index (χ2n) is 15.1. The summed E-state index contributed by atoms with van der Waals surface area (Å²) in [6.45, 7) is 0. The molecule has 2 aromatic heterocycles. The maximum absolute atomic E-state index is 6.73. The number of nitrogens with zero attached hydrogens (tertiary/aromatic N) is 2. The first-order valence-electron chi connectivity index (χ1n) is 19.9. The van der Waals surface area contributed by atoms with Crippen LogP contribution in [0.1, 0.15) is 0 Å². The number of aromatic nitrogens is 1. The van der Waals surface area contributed by atoms with Crippen molar-refractivity contribution in [2.45, 2.75) is 0 Å². The first kappa shape index (κ1) is 33.2. The van der Waals surface area contributed by atoms with Crippen LogP contribution in [0.15, 0.2) is 215 Å². The van der Waals surface area contributed by atoms with Crippen molar-refractivity contribution in [3.8, 4) is 33.7 Å². The maximum atomic E-state index is 6.73. The van der Waals surface area contributed by atoms with E-state index in [2.05, 4.69) is 175 Å². The Labute approximate surface area is 339 Å². The quantitative estimate of drug-likeness (QED) is 0.159. The Morgan fingerprint density at radius 3 is 1.75 bits per heavy atom. The molecule has 4 nitrogen and oxygen atoms in total. The summed E-state index contributed by atoms with van der Waals surface area (Å²) in [5.41, 5.74) is 12.0. The van der Waals surface area contributed by atoms with E-state index in [4.69, 9.17) is 13.8 Å². The third kappa shape index (κ3) is 5.49. The van der Waals surface area contributed by atoms with Gasteiger partial charge in [-0.15, -0.1) is 0 Å². The molecule has 0 atom stereocenters. The minimum absolute atomic E-state index is 0.591. The molecule has 0 saturated carbocycles. The van der Waals surface area contributed by atoms with Crippen LogP contribution in [-0.4, -0.2) is 4.98 Å². The Balaban J connectivity index is 1.04. The normalized spacial score (nSPS) is 11.7. The summed E-state index contributed by atoms with van der Waals surface area (Å²) in [4.78, 5) is 7.15. The van der Waals surface area contributed by atoms with E-state index < -0.39 is 0 Å². The van der Waals surface area contributed by atoms with Crippen molar-refractivity contribution >= 4 is 82.4 Å². The molecule has 0 bridgehead atoms. The summed E-state index contributed by atoms with van der Waals surface area (Å²) < 4.78 is 12.9. The fourth-order valence-corrected chi connectivity index (χ4v) is 8.88. The van der Waals surface area contributed by atoms with Gasteiger partial charge >= 0.3 is 0 Å². The zero-order chi connectivity index (χ0) is 38.9. The van der Waals surface area contributed by atoms with Crippen LogP contribution in [0, 0.1) is 0 Å². The van der Waals surface area contributed by atoms with Crippen LogP contribution in [-0.2, 0) is 0 Å². The van der Waals surface area contributed by atoms with Crippen LogP contribution in [0.25, 0.3) is 99.1 Å². The molecule has 10 aromatic carbocycles. The highest BCUT2D eigenvalue weighted by molar-refractivity contribution is 6.23. The first-order chi connectivity index (χ1) is 29.2. The van der Waals surface area contributed by atoms with Crippen molar-refractivity contribution < 1.29 is 8.83 Å². The number of hydrogen-bond donors (Lipinski definition) is 0. The number of fused-ring (bicyclic) bond motifs is 9. The van der Waals surface area contributed by atoms with Crippen LogP contribution in [0.2, 0.25) is 0 Å². The third-order valence-electron chi connectivity index (χ3n) is 11.7. The topological polar surface area (TPSA) is 42.4 Å². The summed E-state index contributed by atoms with van der Waals surface area (Å²) in [6.07, 6.45) is 0. The first-order valence-corrected chi connectivity index (χ1v) is 19.9. The van der Waals surface area contributed by atoms with Gasteiger partial charge in [-0.05, 0) is 110 Å². The molecule has 0 N–H and O–H groups in total. The number of benzene rings is 10. The highest BCUT2D eigenvalue weighted by Gasteiger charge is 2.22. The highest BCUT2D eigenvalue weighted by Crippen LogP contribution is 2.46. The van der Waals surface area contributed by atoms with E-state index in [9.17, 15) is 0 Å². The van der Waals surface area contributed by atoms with Crippen LogP contribution >= 0.6 is 0 Å². The van der Waals surface area contributed by atoms with Crippen LogP contribution in [0.4, 0.5) is 17.1 Å². The Morgan fingerprint density at radius 2 is 0.966 bits per heavy atom. The maximum Gasteiger partial charge on any atom is 0.227 e. The number of furan rings is 1. The van der Waals surface area contributed by atoms with Gasteiger partial charge in [-0.3, -0.25) is 0 Å². The predicted octanol–water partition coefficient (Wildman–Crippen LogP) is 15.7. The molecule has 12 aromatic rings. The van der Waals surface area contributed by atoms with Crippen LogP contribution < -0.4 is 4.90 Å². The lowest BCUT2D eigenvalue weighted by Crippen LogP contribution is -2.10. The zero-order valence-electron chi connectivity index (χ0n) is 31.8. The standard InChI is InChI=1S/C55H34N2O2/c1-2-12-35(13-3-1)36-22-27-40(28-23-36)57(41-29-24-37(25-30-41)47-32-38-14-4-5-15-42(38)43-16-6-7-17-44(43)47)50-34-53-54(46-19-9-8-18-45(46)50)48-33-39(26-31-51(48)58-53)55-56-49-20-10-11-21-52(49)59-55/h1-34H. The smallest absolute Gasteiger partial charge is 0.227 e. The Bertz CT molecular complexity index is 3510. The van der Waals surface area contributed by atoms with Gasteiger partial charge in [0.2, 0.25) is 5.89 Å². The number of rotatable bonds is 6. The summed E-state index contributed by atoms with van der Waals surface area (Å²) in [7, 11) is 0. The van der Waals surface area contributed by atoms with E-state index >= 15 is 0 Å². The van der Waals surface area contributed by atoms with E-state index in [0.29, 0.717) is 5.89 Å². The molecule has 0 aliphatic rings. The van der Waals surface area contributed by atoms with Gasteiger partial charge in [-0.2, -0.15) is 0 Å². The highest BCUT2D eigenvalue weighted by atomic mass is 16.3. The molecule has 0 spiro atoms. The molecular formula is C55H34N2O2. The van der Waals surface area contributed by atoms with Crippen molar-refractivity contribution in [2.24, 2.45) is 0 Å². The molecule has 0 aliphatic heterocycles. The Hall–Kier alpha value is -7.95. The molecular weight excluding hydrogens is 721 g/mol. The number of oxazole rings is 1. The Kier molecular flexibility index (Phi) is 7.50. The van der Waals surface area contributed by atoms with E-state index in [1.807, 2.05) is 36.4 Å². The summed E-state index contributed by atoms with van der Waals surface area (Å²) in [6, 6.07) is 73.0. The van der Waals surface area contributed by atoms with Gasteiger partial charge in [0, 0.05) is 39.2 Å². The number of hydrogen-bond acceptors (Lipinski definition) is 4. The van der Waals surface area contributed by atoms with Gasteiger partial charge in [0.1, 0.15) is 16.7 Å². The third-order valence-corrected chi connectivity index (χ3v) is 11.7. The van der Waals surface area contributed by atoms with Crippen LogP contribution in [0.5, 0.6) is 0 Å². The summed E-state index contributed by atoms with van der Waals surface area (Å²) in [5, 5.41) is 9.32. The average Bonchev–Trinajstić information content (AvgIpc) is 3.91. The van der Waals surface area contributed by atoms with Crippen LogP contribution in [0.3, 0.4) is 0 Å². The molecule has 12 rings (SSSR count). The average molecular weight is 755 g/mol. The monoisotopic (exact) mass is 754 g/mol. The van der Waals surface area contributed by atoms with E-state index in [0.717, 1.165) is 66.4 Å². The second kappa shape index (κ2) is 13.3. The SMILES string of the molecule is c1ccc(-c2ccc(N(c3ccc(-c4cc5ccccc5c5ccccc45)cc3)c3cc4oc5ccc(-c6nc7ccccc7o6)cc5c4c4ccccc34)cc2)cc1. The lowest BCUT2D eigenvalue weighted by atomic mass is 9.93. The van der Waals surface area contributed by atoms with E-state index in [1.165, 1.54) is 43.8 Å². The fourth-order valence-electron chi connectivity index (χ4n) is 8.88. The minimum Gasteiger partial charge on any atom is -0.456 e. The molecule has 276 valence electrons. The molecule has 0 fully saturated rings. The second-order valence-corrected chi connectivity index (χ2v) is 15.1. The molecule has 59 heavy (non-hydrogen) atoms. The lowest BCUT2D eigenvalue weighted by molar-refractivity contribution is 0.620. The van der Waals surface area contributed by atoms with E-state index in [1.54, 1.807) is 0 Å². The molecule has 0 saturated heterocycles. The number of anilines is 3. The predicted molar refractivity (Wildman–Crippen MR) is 245 cm³/mol. The Morgan fingerprint density at radius 1 is 0.356 bits per heavy atom. The molecule has 0 radical (unpaired) electrons. The van der Waals surface area contributed by atoms with Crippen molar-refractivity contribution in [1.29, 1.82) is 0 Å². The van der Waals surface area contributed by atoms with Crippen molar-refractivity contribution in [1.82, 2.24) is 4.98 Å². The van der Waals surface area contributed by atoms with Gasteiger partial charge in [0.25, 0.3) is 0 Å². The minimum atomic E-state index is 0.591. The fraction of sp³-hybridized carbons (Fsp3) is 0. The van der Waals surface area contributed by atoms with Crippen molar-refractivity contribution in [3.63, 3.8) is 0 Å². The van der Waals surface area contributed by atoms with E-state index in [-0.39, 0.29) is 0 Å². The van der Waals surface area contributed by atoms with Crippen molar-refractivity contribution in [3.05, 3.63) is 206 Å². The van der Waals surface area contributed by atoms with Crippen molar-refractivity contribution in [2.75, 3.05) is 4.90 Å². The largest absolute Gasteiger partial charge is 0.456 e. The van der Waals surface area contributed by atoms with Gasteiger partial charge < -0.3 is 13.7 Å². The summed E-state index contributed by atoms with van der Waals surface area (Å²) >= 11 is 0. The zero-order valence-corrected chi connectivity index (χ0v) is 31.8. The van der Waals surface area contributed by atoms with Gasteiger partial charge in [0.05, 0.1) is 5.69 Å². The molecule has 2 heterocycles. The number of para-hydroxylation sites is 2. The molecule has 0 aliphatic carbocycles. The molecule has 0 unspecified atom stereocenters. The van der Waals surface area contributed by atoms with Gasteiger partial charge in [-0.25, -0.2) is 4.98 Å². The summed E-state index contributed by atoms with van der Waals surface area (Å²) in [5.74, 6) is 0.591.